The van der Waals surface area contributed by atoms with Gasteiger partial charge < -0.3 is 11.1 Å². The maximum absolute atomic E-state index is 12.1. The molecule has 0 aromatic carbocycles. The Kier molecular flexibility index (Phi) is 3.61. The third-order valence-corrected chi connectivity index (χ3v) is 3.88. The van der Waals surface area contributed by atoms with Crippen LogP contribution in [-0.2, 0) is 0 Å². The predicted octanol–water partition coefficient (Wildman–Crippen LogP) is 1.78. The lowest BCUT2D eigenvalue weighted by atomic mass is 9.75. The van der Waals surface area contributed by atoms with E-state index in [0.717, 1.165) is 19.3 Å². The van der Waals surface area contributed by atoms with Crippen molar-refractivity contribution in [3.63, 3.8) is 0 Å². The molecule has 0 atom stereocenters. The average Bonchev–Trinajstić information content (AvgIpc) is 2.33. The number of carbonyl (C=O) groups is 1. The molecule has 96 valence electrons. The maximum atomic E-state index is 12.1. The van der Waals surface area contributed by atoms with Gasteiger partial charge in [0.25, 0.3) is 5.91 Å². The molecule has 1 saturated carbocycles. The van der Waals surface area contributed by atoms with Crippen molar-refractivity contribution in [2.24, 2.45) is 5.73 Å². The summed E-state index contributed by atoms with van der Waals surface area (Å²) in [4.78, 5) is 16.4. The summed E-state index contributed by atoms with van der Waals surface area (Å²) in [6.07, 6.45) is 5.79. The van der Waals surface area contributed by atoms with Crippen molar-refractivity contribution in [3.05, 3.63) is 29.6 Å². The van der Waals surface area contributed by atoms with Crippen LogP contribution in [0.15, 0.2) is 18.3 Å². The second kappa shape index (κ2) is 5.02. The van der Waals surface area contributed by atoms with Gasteiger partial charge in [-0.05, 0) is 37.8 Å². The molecule has 0 bridgehead atoms. The third-order valence-electron chi connectivity index (χ3n) is 3.65. The number of pyridine rings is 1. The SMILES string of the molecule is CCC1(NC(=O)c2ccc(C(N)=S)cn2)CCC1. The summed E-state index contributed by atoms with van der Waals surface area (Å²) in [7, 11) is 0. The summed E-state index contributed by atoms with van der Waals surface area (Å²) in [5.41, 5.74) is 6.56. The molecule has 1 amide bonds. The van der Waals surface area contributed by atoms with Crippen LogP contribution in [-0.4, -0.2) is 21.4 Å². The summed E-state index contributed by atoms with van der Waals surface area (Å²) >= 11 is 4.84. The molecule has 1 aliphatic carbocycles. The highest BCUT2D eigenvalue weighted by Crippen LogP contribution is 2.34. The van der Waals surface area contributed by atoms with E-state index in [4.69, 9.17) is 18.0 Å². The zero-order chi connectivity index (χ0) is 13.2. The van der Waals surface area contributed by atoms with E-state index in [-0.39, 0.29) is 11.4 Å². The second-order valence-electron chi connectivity index (χ2n) is 4.74. The number of thiocarbonyl (C=S) groups is 1. The van der Waals surface area contributed by atoms with Crippen LogP contribution in [0.5, 0.6) is 0 Å². The zero-order valence-electron chi connectivity index (χ0n) is 10.4. The van der Waals surface area contributed by atoms with Crippen molar-refractivity contribution >= 4 is 23.1 Å². The quantitative estimate of drug-likeness (QED) is 0.813. The van der Waals surface area contributed by atoms with Crippen molar-refractivity contribution in [3.8, 4) is 0 Å². The molecule has 0 spiro atoms. The van der Waals surface area contributed by atoms with Gasteiger partial charge in [-0.3, -0.25) is 9.78 Å². The molecule has 18 heavy (non-hydrogen) atoms. The van der Waals surface area contributed by atoms with Crippen LogP contribution in [0.25, 0.3) is 0 Å². The molecule has 5 heteroatoms. The number of carbonyl (C=O) groups excluding carboxylic acids is 1. The summed E-state index contributed by atoms with van der Waals surface area (Å²) < 4.78 is 0. The Morgan fingerprint density at radius 3 is 2.67 bits per heavy atom. The highest BCUT2D eigenvalue weighted by atomic mass is 32.1. The second-order valence-corrected chi connectivity index (χ2v) is 5.18. The Hall–Kier alpha value is -1.49. The minimum atomic E-state index is -0.119. The van der Waals surface area contributed by atoms with Crippen molar-refractivity contribution in [2.75, 3.05) is 0 Å². The van der Waals surface area contributed by atoms with Gasteiger partial charge in [0.1, 0.15) is 10.7 Å². The van der Waals surface area contributed by atoms with Crippen LogP contribution >= 0.6 is 12.2 Å². The first-order valence-corrected chi connectivity index (χ1v) is 6.55. The third kappa shape index (κ3) is 2.51. The fourth-order valence-electron chi connectivity index (χ4n) is 2.15. The maximum Gasteiger partial charge on any atom is 0.270 e. The van der Waals surface area contributed by atoms with Gasteiger partial charge >= 0.3 is 0 Å². The van der Waals surface area contributed by atoms with Crippen LogP contribution in [0.3, 0.4) is 0 Å². The summed E-state index contributed by atoms with van der Waals surface area (Å²) in [5.74, 6) is -0.119. The van der Waals surface area contributed by atoms with Crippen LogP contribution in [0.4, 0.5) is 0 Å². The number of hydrogen-bond acceptors (Lipinski definition) is 3. The molecule has 4 nitrogen and oxygen atoms in total. The monoisotopic (exact) mass is 263 g/mol. The lowest BCUT2D eigenvalue weighted by molar-refractivity contribution is 0.0815. The Labute approximate surface area is 112 Å². The first kappa shape index (κ1) is 13.0. The molecule has 2 rings (SSSR count). The highest BCUT2D eigenvalue weighted by Gasteiger charge is 2.36. The molecule has 1 aromatic rings. The summed E-state index contributed by atoms with van der Waals surface area (Å²) in [6.45, 7) is 2.10. The van der Waals surface area contributed by atoms with Crippen LogP contribution < -0.4 is 11.1 Å². The Morgan fingerprint density at radius 1 is 1.56 bits per heavy atom. The van der Waals surface area contributed by atoms with Gasteiger partial charge in [-0.25, -0.2) is 0 Å². The lowest BCUT2D eigenvalue weighted by Gasteiger charge is -2.41. The van der Waals surface area contributed by atoms with E-state index in [0.29, 0.717) is 16.2 Å². The van der Waals surface area contributed by atoms with Gasteiger partial charge in [-0.15, -0.1) is 0 Å². The number of nitrogens with two attached hydrogens (primary N) is 1. The fraction of sp³-hybridized carbons (Fsp3) is 0.462. The lowest BCUT2D eigenvalue weighted by Crippen LogP contribution is -2.53. The number of aromatic nitrogens is 1. The molecule has 3 N–H and O–H groups in total. The molecule has 1 fully saturated rings. The van der Waals surface area contributed by atoms with Crippen molar-refractivity contribution < 1.29 is 4.79 Å². The topological polar surface area (TPSA) is 68.0 Å². The van der Waals surface area contributed by atoms with Gasteiger partial charge in [-0.2, -0.15) is 0 Å². The van der Waals surface area contributed by atoms with Gasteiger partial charge in [0.15, 0.2) is 0 Å². The average molecular weight is 263 g/mol. The van der Waals surface area contributed by atoms with E-state index < -0.39 is 0 Å². The number of nitrogens with zero attached hydrogens (tertiary/aromatic N) is 1. The molecular weight excluding hydrogens is 246 g/mol. The molecule has 0 unspecified atom stereocenters. The first-order valence-electron chi connectivity index (χ1n) is 6.15. The van der Waals surface area contributed by atoms with Crippen molar-refractivity contribution in [1.82, 2.24) is 10.3 Å². The highest BCUT2D eigenvalue weighted by molar-refractivity contribution is 7.80. The number of hydrogen-bond donors (Lipinski definition) is 2. The summed E-state index contributed by atoms with van der Waals surface area (Å²) in [6, 6.07) is 3.38. The Bertz CT molecular complexity index is 460. The molecule has 1 heterocycles. The molecule has 1 aliphatic rings. The van der Waals surface area contributed by atoms with Gasteiger partial charge in [0, 0.05) is 17.3 Å². The Morgan fingerprint density at radius 2 is 2.28 bits per heavy atom. The van der Waals surface area contributed by atoms with Crippen LogP contribution in [0.1, 0.15) is 48.7 Å². The fourth-order valence-corrected chi connectivity index (χ4v) is 2.27. The Balaban J connectivity index is 2.07. The smallest absolute Gasteiger partial charge is 0.270 e. The zero-order valence-corrected chi connectivity index (χ0v) is 11.2. The standard InChI is InChI=1S/C13H17N3OS/c1-2-13(6-3-7-13)16-12(17)10-5-4-9(8-15-10)11(14)18/h4-5,8H,2-3,6-7H2,1H3,(H2,14,18)(H,16,17). The van der Waals surface area contributed by atoms with Gasteiger partial charge in [0.05, 0.1) is 0 Å². The van der Waals surface area contributed by atoms with E-state index >= 15 is 0 Å². The van der Waals surface area contributed by atoms with Gasteiger partial charge in [-0.1, -0.05) is 19.1 Å². The van der Waals surface area contributed by atoms with Crippen molar-refractivity contribution in [1.29, 1.82) is 0 Å². The van der Waals surface area contributed by atoms with Crippen LogP contribution in [0, 0.1) is 0 Å². The molecule has 0 saturated heterocycles. The number of amides is 1. The molecular formula is C13H17N3OS. The number of nitrogens with one attached hydrogen (secondary N) is 1. The largest absolute Gasteiger partial charge is 0.389 e. The van der Waals surface area contributed by atoms with Crippen LogP contribution in [0.2, 0.25) is 0 Å². The minimum Gasteiger partial charge on any atom is -0.389 e. The minimum absolute atomic E-state index is 0.0133. The van der Waals surface area contributed by atoms with E-state index in [9.17, 15) is 4.79 Å². The predicted molar refractivity (Wildman–Crippen MR) is 74.5 cm³/mol. The van der Waals surface area contributed by atoms with E-state index in [1.165, 1.54) is 12.6 Å². The normalized spacial score (nSPS) is 16.7. The first-order chi connectivity index (χ1) is 8.56. The van der Waals surface area contributed by atoms with E-state index in [1.807, 2.05) is 0 Å². The van der Waals surface area contributed by atoms with Crippen molar-refractivity contribution in [2.45, 2.75) is 38.1 Å². The van der Waals surface area contributed by atoms with Gasteiger partial charge in [0.2, 0.25) is 0 Å². The summed E-state index contributed by atoms with van der Waals surface area (Å²) in [5, 5.41) is 3.08. The van der Waals surface area contributed by atoms with E-state index in [1.54, 1.807) is 12.1 Å². The molecule has 0 aliphatic heterocycles. The number of rotatable bonds is 4. The van der Waals surface area contributed by atoms with E-state index in [2.05, 4.69) is 17.2 Å². The molecule has 1 aromatic heterocycles. The molecule has 0 radical (unpaired) electrons.